The lowest BCUT2D eigenvalue weighted by molar-refractivity contribution is 0.0951. The number of nitrogens with one attached hydrogen (secondary N) is 3. The van der Waals surface area contributed by atoms with Crippen LogP contribution < -0.4 is 16.1 Å². The highest BCUT2D eigenvalue weighted by atomic mass is 16.2. The lowest BCUT2D eigenvalue weighted by atomic mass is 10.1. The summed E-state index contributed by atoms with van der Waals surface area (Å²) in [6.07, 6.45) is 5.62. The van der Waals surface area contributed by atoms with E-state index < -0.39 is 17.2 Å². The van der Waals surface area contributed by atoms with Gasteiger partial charge in [0.25, 0.3) is 11.8 Å². The summed E-state index contributed by atoms with van der Waals surface area (Å²) in [6, 6.07) is 7.97. The Hall–Kier alpha value is -3.35. The Morgan fingerprint density at radius 2 is 1.73 bits per heavy atom. The molecule has 2 amide bonds. The highest BCUT2D eigenvalue weighted by Gasteiger charge is 2.19. The standard InChI is InChI=1S/C23H28N4O3/c1-4-24-22(29)18-13-27(12-15(2)3)14-19(21(18)28)23(30)25-10-9-16-11-26-20-8-6-5-7-17(16)20/h5-8,11,13-15,26H,4,9-10,12H2,1-3H3,(H,24,29)(H,25,30). The first kappa shape index (κ1) is 21.4. The number of nitrogens with zero attached hydrogens (tertiary/aromatic N) is 1. The second-order valence-electron chi connectivity index (χ2n) is 7.73. The van der Waals surface area contributed by atoms with Gasteiger partial charge >= 0.3 is 0 Å². The van der Waals surface area contributed by atoms with Gasteiger partial charge in [0, 0.05) is 49.1 Å². The molecule has 0 saturated carbocycles. The topological polar surface area (TPSA) is 96.0 Å². The van der Waals surface area contributed by atoms with Crippen molar-refractivity contribution in [1.29, 1.82) is 0 Å². The first-order chi connectivity index (χ1) is 14.4. The molecule has 2 aromatic heterocycles. The molecule has 0 aliphatic rings. The first-order valence-electron chi connectivity index (χ1n) is 10.3. The van der Waals surface area contributed by atoms with E-state index in [4.69, 9.17) is 0 Å². The Bertz CT molecular complexity index is 1110. The SMILES string of the molecule is CCNC(=O)c1cn(CC(C)C)cc(C(=O)NCCc2c[nH]c3ccccc23)c1=O. The van der Waals surface area contributed by atoms with Crippen LogP contribution in [-0.4, -0.2) is 34.5 Å². The number of hydrogen-bond donors (Lipinski definition) is 3. The third-order valence-corrected chi connectivity index (χ3v) is 4.84. The van der Waals surface area contributed by atoms with Gasteiger partial charge in [-0.15, -0.1) is 0 Å². The van der Waals surface area contributed by atoms with Crippen LogP contribution in [0, 0.1) is 5.92 Å². The van der Waals surface area contributed by atoms with Gasteiger partial charge in [-0.2, -0.15) is 0 Å². The predicted molar refractivity (Wildman–Crippen MR) is 118 cm³/mol. The number of carbonyl (C=O) groups is 2. The van der Waals surface area contributed by atoms with Gasteiger partial charge in [-0.25, -0.2) is 0 Å². The molecule has 0 atom stereocenters. The average Bonchev–Trinajstić information content (AvgIpc) is 3.12. The van der Waals surface area contributed by atoms with Gasteiger partial charge in [-0.1, -0.05) is 32.0 Å². The van der Waals surface area contributed by atoms with E-state index in [2.05, 4.69) is 15.6 Å². The van der Waals surface area contributed by atoms with Crippen molar-refractivity contribution < 1.29 is 9.59 Å². The number of rotatable bonds is 8. The normalized spacial score (nSPS) is 11.1. The quantitative estimate of drug-likeness (QED) is 0.535. The number of pyridine rings is 1. The first-order valence-corrected chi connectivity index (χ1v) is 10.3. The Balaban J connectivity index is 1.78. The van der Waals surface area contributed by atoms with Gasteiger partial charge in [0.2, 0.25) is 5.43 Å². The van der Waals surface area contributed by atoms with Crippen molar-refractivity contribution in [2.45, 2.75) is 33.7 Å². The van der Waals surface area contributed by atoms with Gasteiger partial charge in [-0.05, 0) is 30.9 Å². The van der Waals surface area contributed by atoms with Crippen molar-refractivity contribution in [2.24, 2.45) is 5.92 Å². The van der Waals surface area contributed by atoms with Crippen molar-refractivity contribution in [3.8, 4) is 0 Å². The zero-order chi connectivity index (χ0) is 21.7. The second kappa shape index (κ2) is 9.43. The van der Waals surface area contributed by atoms with Crippen molar-refractivity contribution >= 4 is 22.7 Å². The number of benzene rings is 1. The van der Waals surface area contributed by atoms with Crippen molar-refractivity contribution in [2.75, 3.05) is 13.1 Å². The highest BCUT2D eigenvalue weighted by molar-refractivity contribution is 5.99. The van der Waals surface area contributed by atoms with Crippen LogP contribution in [0.3, 0.4) is 0 Å². The molecule has 158 valence electrons. The second-order valence-corrected chi connectivity index (χ2v) is 7.73. The summed E-state index contributed by atoms with van der Waals surface area (Å²) in [6.45, 7) is 7.24. The Kier molecular flexibility index (Phi) is 6.72. The van der Waals surface area contributed by atoms with E-state index in [0.29, 0.717) is 32.0 Å². The molecule has 0 aliphatic heterocycles. The minimum absolute atomic E-state index is 0.0122. The van der Waals surface area contributed by atoms with Crippen LogP contribution in [0.5, 0.6) is 0 Å². The number of para-hydroxylation sites is 1. The van der Waals surface area contributed by atoms with Crippen LogP contribution in [0.15, 0.2) is 47.7 Å². The number of hydrogen-bond acceptors (Lipinski definition) is 3. The molecule has 3 aromatic rings. The Morgan fingerprint density at radius 3 is 2.40 bits per heavy atom. The monoisotopic (exact) mass is 408 g/mol. The third-order valence-electron chi connectivity index (χ3n) is 4.84. The van der Waals surface area contributed by atoms with E-state index in [-0.39, 0.29) is 11.1 Å². The fourth-order valence-electron chi connectivity index (χ4n) is 3.48. The Labute approximate surface area is 175 Å². The zero-order valence-corrected chi connectivity index (χ0v) is 17.6. The molecule has 0 spiro atoms. The van der Waals surface area contributed by atoms with Crippen LogP contribution in [0.4, 0.5) is 0 Å². The molecule has 7 heteroatoms. The van der Waals surface area contributed by atoms with Gasteiger partial charge in [0.15, 0.2) is 0 Å². The van der Waals surface area contributed by atoms with Crippen LogP contribution in [0.2, 0.25) is 0 Å². The van der Waals surface area contributed by atoms with E-state index in [1.54, 1.807) is 11.5 Å². The van der Waals surface area contributed by atoms with Crippen molar-refractivity contribution in [3.63, 3.8) is 0 Å². The molecule has 1 aromatic carbocycles. The smallest absolute Gasteiger partial charge is 0.256 e. The molecular formula is C23H28N4O3. The largest absolute Gasteiger partial charge is 0.361 e. The van der Waals surface area contributed by atoms with Gasteiger partial charge in [0.1, 0.15) is 11.1 Å². The summed E-state index contributed by atoms with van der Waals surface area (Å²) in [5, 5.41) is 6.58. The van der Waals surface area contributed by atoms with Crippen LogP contribution in [0.25, 0.3) is 10.9 Å². The summed E-state index contributed by atoms with van der Waals surface area (Å²) in [5.41, 5.74) is 1.56. The lowest BCUT2D eigenvalue weighted by Gasteiger charge is -2.14. The molecule has 0 radical (unpaired) electrons. The number of H-pyrrole nitrogens is 1. The maximum atomic E-state index is 12.8. The van der Waals surface area contributed by atoms with Gasteiger partial charge < -0.3 is 20.2 Å². The summed E-state index contributed by atoms with van der Waals surface area (Å²) >= 11 is 0. The van der Waals surface area contributed by atoms with E-state index in [0.717, 1.165) is 16.5 Å². The molecule has 0 fully saturated rings. The van der Waals surface area contributed by atoms with Crippen LogP contribution in [-0.2, 0) is 13.0 Å². The van der Waals surface area contributed by atoms with E-state index in [9.17, 15) is 14.4 Å². The fourth-order valence-corrected chi connectivity index (χ4v) is 3.48. The van der Waals surface area contributed by atoms with E-state index in [1.807, 2.05) is 44.3 Å². The number of carbonyl (C=O) groups excluding carboxylic acids is 2. The molecule has 3 N–H and O–H groups in total. The van der Waals surface area contributed by atoms with Crippen LogP contribution in [0.1, 0.15) is 47.1 Å². The summed E-state index contributed by atoms with van der Waals surface area (Å²) in [7, 11) is 0. The number of amides is 2. The van der Waals surface area contributed by atoms with E-state index in [1.165, 1.54) is 12.4 Å². The molecule has 0 aliphatic carbocycles. The number of aromatic amines is 1. The maximum Gasteiger partial charge on any atom is 0.256 e. The molecular weight excluding hydrogens is 380 g/mol. The number of aromatic nitrogens is 2. The van der Waals surface area contributed by atoms with E-state index >= 15 is 0 Å². The summed E-state index contributed by atoms with van der Waals surface area (Å²) in [4.78, 5) is 41.1. The highest BCUT2D eigenvalue weighted by Crippen LogP contribution is 2.17. The molecule has 30 heavy (non-hydrogen) atoms. The summed E-state index contributed by atoms with van der Waals surface area (Å²) in [5.74, 6) is -0.635. The summed E-state index contributed by atoms with van der Waals surface area (Å²) < 4.78 is 1.74. The molecule has 0 bridgehead atoms. The molecule has 0 saturated heterocycles. The number of fused-ring (bicyclic) bond motifs is 1. The zero-order valence-electron chi connectivity index (χ0n) is 17.6. The van der Waals surface area contributed by atoms with Crippen molar-refractivity contribution in [3.05, 3.63) is 69.8 Å². The van der Waals surface area contributed by atoms with Crippen molar-refractivity contribution in [1.82, 2.24) is 20.2 Å². The van der Waals surface area contributed by atoms with Gasteiger partial charge in [0.05, 0.1) is 0 Å². The Morgan fingerprint density at radius 1 is 1.07 bits per heavy atom. The maximum absolute atomic E-state index is 12.8. The average molecular weight is 409 g/mol. The molecule has 7 nitrogen and oxygen atoms in total. The third kappa shape index (κ3) is 4.79. The molecule has 2 heterocycles. The predicted octanol–water partition coefficient (Wildman–Crippen LogP) is 2.71. The molecule has 3 rings (SSSR count). The fraction of sp³-hybridized carbons (Fsp3) is 0.348. The van der Waals surface area contributed by atoms with Crippen LogP contribution >= 0.6 is 0 Å². The van der Waals surface area contributed by atoms with Gasteiger partial charge in [-0.3, -0.25) is 14.4 Å². The minimum Gasteiger partial charge on any atom is -0.361 e. The molecule has 0 unspecified atom stereocenters. The lowest BCUT2D eigenvalue weighted by Crippen LogP contribution is -2.36. The minimum atomic E-state index is -0.550.